The molecule has 0 amide bonds. The van der Waals surface area contributed by atoms with E-state index in [2.05, 4.69) is 274 Å². The molecular formula is C60H42N4S. The molecule has 65 heavy (non-hydrogen) atoms. The minimum atomic E-state index is 1.09. The SMILES string of the molecule is c1ccc(N(c2ccccc2)c2ccc(-n3c4ccc(N(c5ccccc5)c5ccccc5)cc4c4cc5sc6ccc(N(c7ccccc7)c7ccccc7)cc6c5cc43)cc2)cc1. The first kappa shape index (κ1) is 38.3. The van der Waals surface area contributed by atoms with E-state index < -0.39 is 0 Å². The van der Waals surface area contributed by atoms with Gasteiger partial charge in [0, 0.05) is 87.8 Å². The predicted octanol–water partition coefficient (Wildman–Crippen LogP) is 17.6. The van der Waals surface area contributed by atoms with Crippen molar-refractivity contribution in [2.24, 2.45) is 0 Å². The maximum atomic E-state index is 2.45. The van der Waals surface area contributed by atoms with Crippen LogP contribution in [0, 0.1) is 0 Å². The zero-order valence-corrected chi connectivity index (χ0v) is 36.3. The molecule has 0 bridgehead atoms. The first-order chi connectivity index (χ1) is 32.2. The number of hydrogen-bond donors (Lipinski definition) is 0. The number of rotatable bonds is 10. The Labute approximate surface area is 382 Å². The fourth-order valence-electron chi connectivity index (χ4n) is 9.38. The Kier molecular flexibility index (Phi) is 9.66. The lowest BCUT2D eigenvalue weighted by Crippen LogP contribution is -2.10. The summed E-state index contributed by atoms with van der Waals surface area (Å²) in [5.41, 5.74) is 13.4. The molecule has 0 spiro atoms. The van der Waals surface area contributed by atoms with E-state index in [0.29, 0.717) is 0 Å². The molecule has 10 aromatic carbocycles. The number of hydrogen-bond acceptors (Lipinski definition) is 4. The minimum absolute atomic E-state index is 1.09. The van der Waals surface area contributed by atoms with E-state index in [1.54, 1.807) is 0 Å². The highest BCUT2D eigenvalue weighted by molar-refractivity contribution is 7.25. The third-order valence-corrected chi connectivity index (χ3v) is 13.4. The van der Waals surface area contributed by atoms with Gasteiger partial charge >= 0.3 is 0 Å². The molecule has 0 aliphatic rings. The summed E-state index contributed by atoms with van der Waals surface area (Å²) in [5.74, 6) is 0. The van der Waals surface area contributed by atoms with Gasteiger partial charge in [-0.05, 0) is 146 Å². The van der Waals surface area contributed by atoms with E-state index in [-0.39, 0.29) is 0 Å². The summed E-state index contributed by atoms with van der Waals surface area (Å²) in [6.45, 7) is 0. The first-order valence-electron chi connectivity index (χ1n) is 22.0. The van der Waals surface area contributed by atoms with Gasteiger partial charge in [0.25, 0.3) is 0 Å². The van der Waals surface area contributed by atoms with Crippen LogP contribution >= 0.6 is 11.3 Å². The smallest absolute Gasteiger partial charge is 0.0548 e. The number of thiophene rings is 1. The van der Waals surface area contributed by atoms with Crippen molar-refractivity contribution >= 4 is 105 Å². The highest BCUT2D eigenvalue weighted by atomic mass is 32.1. The Morgan fingerprint density at radius 3 is 1.03 bits per heavy atom. The molecule has 0 N–H and O–H groups in total. The lowest BCUT2D eigenvalue weighted by Gasteiger charge is -2.26. The van der Waals surface area contributed by atoms with Crippen LogP contribution in [0.3, 0.4) is 0 Å². The van der Waals surface area contributed by atoms with Gasteiger partial charge in [-0.15, -0.1) is 11.3 Å². The summed E-state index contributed by atoms with van der Waals surface area (Å²) in [4.78, 5) is 7.02. The number of anilines is 9. The Bertz CT molecular complexity index is 3460. The predicted molar refractivity (Wildman–Crippen MR) is 278 cm³/mol. The van der Waals surface area contributed by atoms with Crippen LogP contribution in [0.15, 0.2) is 255 Å². The van der Waals surface area contributed by atoms with E-state index in [9.17, 15) is 0 Å². The second kappa shape index (κ2) is 16.4. The number of aromatic nitrogens is 1. The topological polar surface area (TPSA) is 14.7 Å². The molecule has 2 aromatic heterocycles. The third kappa shape index (κ3) is 6.96. The number of benzene rings is 10. The van der Waals surface area contributed by atoms with Crippen LogP contribution in [-0.2, 0) is 0 Å². The van der Waals surface area contributed by atoms with Gasteiger partial charge in [0.1, 0.15) is 0 Å². The molecule has 0 aliphatic carbocycles. The summed E-state index contributed by atoms with van der Waals surface area (Å²) in [7, 11) is 0. The molecule has 0 saturated heterocycles. The molecule has 0 fully saturated rings. The Balaban J connectivity index is 1.07. The van der Waals surface area contributed by atoms with Gasteiger partial charge in [0.15, 0.2) is 0 Å². The van der Waals surface area contributed by atoms with Crippen LogP contribution in [0.2, 0.25) is 0 Å². The van der Waals surface area contributed by atoms with Gasteiger partial charge in [-0.2, -0.15) is 0 Å². The molecule has 12 rings (SSSR count). The Morgan fingerprint density at radius 2 is 0.585 bits per heavy atom. The molecule has 5 heteroatoms. The molecule has 4 nitrogen and oxygen atoms in total. The van der Waals surface area contributed by atoms with Crippen molar-refractivity contribution in [1.82, 2.24) is 4.57 Å². The molecule has 0 atom stereocenters. The fraction of sp³-hybridized carbons (Fsp3) is 0. The van der Waals surface area contributed by atoms with Crippen LogP contribution in [0.5, 0.6) is 0 Å². The summed E-state index contributed by atoms with van der Waals surface area (Å²) in [5, 5.41) is 4.91. The number of para-hydroxylation sites is 6. The summed E-state index contributed by atoms with van der Waals surface area (Å²) in [6, 6.07) is 91.6. The first-order valence-corrected chi connectivity index (χ1v) is 22.8. The van der Waals surface area contributed by atoms with Crippen molar-refractivity contribution in [3.63, 3.8) is 0 Å². The van der Waals surface area contributed by atoms with E-state index in [0.717, 1.165) is 62.4 Å². The average Bonchev–Trinajstić information content (AvgIpc) is 3.89. The van der Waals surface area contributed by atoms with Crippen molar-refractivity contribution in [2.75, 3.05) is 14.7 Å². The Morgan fingerprint density at radius 1 is 0.246 bits per heavy atom. The van der Waals surface area contributed by atoms with Crippen LogP contribution < -0.4 is 14.7 Å². The largest absolute Gasteiger partial charge is 0.311 e. The minimum Gasteiger partial charge on any atom is -0.311 e. The molecular weight excluding hydrogens is 809 g/mol. The molecule has 308 valence electrons. The maximum Gasteiger partial charge on any atom is 0.0548 e. The van der Waals surface area contributed by atoms with Gasteiger partial charge < -0.3 is 19.3 Å². The summed E-state index contributed by atoms with van der Waals surface area (Å²) >= 11 is 1.86. The van der Waals surface area contributed by atoms with Crippen molar-refractivity contribution in [3.05, 3.63) is 255 Å². The highest BCUT2D eigenvalue weighted by Crippen LogP contribution is 2.46. The van der Waals surface area contributed by atoms with Crippen LogP contribution in [-0.4, -0.2) is 4.57 Å². The molecule has 0 radical (unpaired) electrons. The van der Waals surface area contributed by atoms with Gasteiger partial charge in [0.2, 0.25) is 0 Å². The monoisotopic (exact) mass is 850 g/mol. The summed E-state index contributed by atoms with van der Waals surface area (Å²) < 4.78 is 4.98. The standard InChI is InChI=1S/C60H42N4S/c1-7-19-43(20-8-1)61(44-21-9-2-10-22-44)49-31-33-50(34-32-49)64-57-37-35-51(62(45-23-11-3-12-24-45)46-25-13-4-14-26-46)39-53(57)54-42-60-56(41-58(54)64)55-40-52(36-38-59(55)65-60)63(47-27-15-5-16-28-47)48-29-17-6-18-30-48/h1-42H. The second-order valence-corrected chi connectivity index (χ2v) is 17.3. The lowest BCUT2D eigenvalue weighted by molar-refractivity contribution is 1.17. The molecule has 12 aromatic rings. The number of nitrogens with zero attached hydrogens (tertiary/aromatic N) is 4. The van der Waals surface area contributed by atoms with Crippen LogP contribution in [0.1, 0.15) is 0 Å². The fourth-order valence-corrected chi connectivity index (χ4v) is 10.5. The number of fused-ring (bicyclic) bond motifs is 6. The highest BCUT2D eigenvalue weighted by Gasteiger charge is 2.21. The van der Waals surface area contributed by atoms with Gasteiger partial charge in [-0.1, -0.05) is 109 Å². The van der Waals surface area contributed by atoms with Crippen molar-refractivity contribution < 1.29 is 0 Å². The van der Waals surface area contributed by atoms with E-state index in [1.165, 1.54) is 36.5 Å². The van der Waals surface area contributed by atoms with E-state index >= 15 is 0 Å². The Hall–Kier alpha value is -8.38. The second-order valence-electron chi connectivity index (χ2n) is 16.2. The quantitative estimate of drug-likeness (QED) is 0.136. The van der Waals surface area contributed by atoms with Crippen molar-refractivity contribution in [3.8, 4) is 5.69 Å². The average molecular weight is 851 g/mol. The van der Waals surface area contributed by atoms with Crippen molar-refractivity contribution in [2.45, 2.75) is 0 Å². The van der Waals surface area contributed by atoms with E-state index in [1.807, 2.05) is 11.3 Å². The zero-order valence-electron chi connectivity index (χ0n) is 35.4. The van der Waals surface area contributed by atoms with Gasteiger partial charge in [0.05, 0.1) is 11.0 Å². The van der Waals surface area contributed by atoms with Crippen molar-refractivity contribution in [1.29, 1.82) is 0 Å². The molecule has 2 heterocycles. The molecule has 0 saturated carbocycles. The van der Waals surface area contributed by atoms with Crippen LogP contribution in [0.25, 0.3) is 47.7 Å². The lowest BCUT2D eigenvalue weighted by atomic mass is 10.1. The zero-order chi connectivity index (χ0) is 43.1. The van der Waals surface area contributed by atoms with Crippen LogP contribution in [0.4, 0.5) is 51.2 Å². The normalized spacial score (nSPS) is 11.4. The van der Waals surface area contributed by atoms with Gasteiger partial charge in [-0.3, -0.25) is 0 Å². The van der Waals surface area contributed by atoms with Gasteiger partial charge in [-0.25, -0.2) is 0 Å². The molecule has 0 unspecified atom stereocenters. The maximum absolute atomic E-state index is 2.45. The third-order valence-electron chi connectivity index (χ3n) is 12.3. The summed E-state index contributed by atoms with van der Waals surface area (Å²) in [6.07, 6.45) is 0. The molecule has 0 aliphatic heterocycles. The van der Waals surface area contributed by atoms with E-state index in [4.69, 9.17) is 0 Å².